The van der Waals surface area contributed by atoms with E-state index in [1.165, 1.54) is 85.9 Å². The van der Waals surface area contributed by atoms with E-state index in [2.05, 4.69) is 20.8 Å². The van der Waals surface area contributed by atoms with E-state index in [1.54, 1.807) is 0 Å². The molecule has 0 spiro atoms. The third kappa shape index (κ3) is 16.9. The molecule has 0 bridgehead atoms. The summed E-state index contributed by atoms with van der Waals surface area (Å²) in [6.45, 7) is 6.59. The van der Waals surface area contributed by atoms with E-state index in [-0.39, 0.29) is 5.97 Å². The second kappa shape index (κ2) is 18.6. The summed E-state index contributed by atoms with van der Waals surface area (Å²) in [7, 11) is 0. The Morgan fingerprint density at radius 2 is 1.09 bits per heavy atom. The van der Waals surface area contributed by atoms with Gasteiger partial charge in [-0.3, -0.25) is 0 Å². The molecule has 1 radical (unpaired) electrons. The van der Waals surface area contributed by atoms with E-state index >= 15 is 0 Å². The molecule has 0 aromatic carbocycles. The van der Waals surface area contributed by atoms with Gasteiger partial charge in [-0.2, -0.15) is 0 Å². The SMILES string of the molecule is CCCCCCC[CH2][Sn]([CH2]CCCCCCC)[O]C(=O)CCC. The van der Waals surface area contributed by atoms with Crippen LogP contribution in [0, 0.1) is 0 Å². The molecule has 0 amide bonds. The monoisotopic (exact) mass is 433 g/mol. The van der Waals surface area contributed by atoms with Crippen molar-refractivity contribution in [2.75, 3.05) is 0 Å². The first-order chi connectivity index (χ1) is 11.2. The number of carbonyl (C=O) groups is 1. The van der Waals surface area contributed by atoms with Crippen molar-refractivity contribution in [2.24, 2.45) is 0 Å². The Bertz CT molecular complexity index is 240. The van der Waals surface area contributed by atoms with Crippen molar-refractivity contribution in [3.05, 3.63) is 0 Å². The van der Waals surface area contributed by atoms with E-state index in [0.29, 0.717) is 6.42 Å². The van der Waals surface area contributed by atoms with Crippen molar-refractivity contribution < 1.29 is 7.87 Å². The van der Waals surface area contributed by atoms with E-state index in [1.807, 2.05) is 0 Å². The van der Waals surface area contributed by atoms with Gasteiger partial charge in [-0.15, -0.1) is 0 Å². The van der Waals surface area contributed by atoms with Crippen LogP contribution >= 0.6 is 0 Å². The minimum absolute atomic E-state index is 0.0962. The fourth-order valence-electron chi connectivity index (χ4n) is 2.85. The summed E-state index contributed by atoms with van der Waals surface area (Å²) >= 11 is -1.90. The Kier molecular flexibility index (Phi) is 18.8. The standard InChI is InChI=1S/2C8H17.C4H8O2.Sn/c2*1-3-5-7-8-6-4-2;1-2-3-4(5)6;/h2*1,3-8H2,2H3;2-3H2,1H3,(H,5,6);/q;;;+1/p-1. The maximum absolute atomic E-state index is 11.8. The fourth-order valence-corrected chi connectivity index (χ4v) is 9.03. The fraction of sp³-hybridized carbons (Fsp3) is 0.950. The van der Waals surface area contributed by atoms with Gasteiger partial charge >= 0.3 is 154 Å². The molecule has 2 nitrogen and oxygen atoms in total. The number of rotatable bonds is 17. The van der Waals surface area contributed by atoms with Crippen molar-refractivity contribution in [1.82, 2.24) is 0 Å². The molecular formula is C20H41O2Sn. The molecule has 0 aliphatic rings. The van der Waals surface area contributed by atoms with Crippen LogP contribution in [0.25, 0.3) is 0 Å². The van der Waals surface area contributed by atoms with Crippen LogP contribution < -0.4 is 0 Å². The van der Waals surface area contributed by atoms with Gasteiger partial charge in [0.1, 0.15) is 0 Å². The second-order valence-corrected chi connectivity index (χ2v) is 13.3. The van der Waals surface area contributed by atoms with Gasteiger partial charge in [0.2, 0.25) is 0 Å². The van der Waals surface area contributed by atoms with E-state index in [4.69, 9.17) is 3.07 Å². The third-order valence-electron chi connectivity index (χ3n) is 4.33. The molecule has 0 aliphatic carbocycles. The van der Waals surface area contributed by atoms with Crippen molar-refractivity contribution in [3.63, 3.8) is 0 Å². The zero-order valence-corrected chi connectivity index (χ0v) is 19.0. The first kappa shape index (κ1) is 23.3. The molecule has 3 heteroatoms. The topological polar surface area (TPSA) is 26.3 Å². The molecule has 0 aliphatic heterocycles. The first-order valence-corrected chi connectivity index (χ1v) is 15.5. The summed E-state index contributed by atoms with van der Waals surface area (Å²) in [6.07, 6.45) is 17.7. The van der Waals surface area contributed by atoms with Gasteiger partial charge in [-0.25, -0.2) is 0 Å². The normalized spacial score (nSPS) is 11.1. The van der Waals surface area contributed by atoms with Crippen LogP contribution in [0.3, 0.4) is 0 Å². The average molecular weight is 432 g/mol. The van der Waals surface area contributed by atoms with E-state index in [0.717, 1.165) is 6.42 Å². The predicted octanol–water partition coefficient (Wildman–Crippen LogP) is 7.04. The molecule has 0 aromatic heterocycles. The first-order valence-electron chi connectivity index (χ1n) is 10.3. The number of hydrogen-bond acceptors (Lipinski definition) is 2. The number of unbranched alkanes of at least 4 members (excludes halogenated alkanes) is 10. The summed E-state index contributed by atoms with van der Waals surface area (Å²) in [5.41, 5.74) is 0. The Labute approximate surface area is 153 Å². The molecule has 0 saturated carbocycles. The zero-order valence-electron chi connectivity index (χ0n) is 16.1. The van der Waals surface area contributed by atoms with Crippen molar-refractivity contribution in [3.8, 4) is 0 Å². The van der Waals surface area contributed by atoms with Gasteiger partial charge in [-0.1, -0.05) is 0 Å². The summed E-state index contributed by atoms with van der Waals surface area (Å²) in [4.78, 5) is 11.8. The van der Waals surface area contributed by atoms with Crippen LogP contribution in [-0.2, 0) is 7.87 Å². The third-order valence-corrected chi connectivity index (χ3v) is 11.0. The van der Waals surface area contributed by atoms with Gasteiger partial charge in [-0.05, 0) is 0 Å². The average Bonchev–Trinajstić information content (AvgIpc) is 2.53. The molecule has 23 heavy (non-hydrogen) atoms. The zero-order chi connectivity index (χ0) is 17.2. The van der Waals surface area contributed by atoms with Gasteiger partial charge < -0.3 is 0 Å². The molecule has 0 unspecified atom stereocenters. The molecule has 0 atom stereocenters. The van der Waals surface area contributed by atoms with Crippen LogP contribution in [0.4, 0.5) is 0 Å². The Morgan fingerprint density at radius 3 is 1.52 bits per heavy atom. The van der Waals surface area contributed by atoms with Gasteiger partial charge in [0.25, 0.3) is 0 Å². The molecule has 0 N–H and O–H groups in total. The van der Waals surface area contributed by atoms with Gasteiger partial charge in [0.15, 0.2) is 0 Å². The Morgan fingerprint density at radius 1 is 0.652 bits per heavy atom. The quantitative estimate of drug-likeness (QED) is 0.182. The van der Waals surface area contributed by atoms with Crippen LogP contribution in [0.1, 0.15) is 111 Å². The Hall–Kier alpha value is 0.269. The van der Waals surface area contributed by atoms with Crippen LogP contribution in [0.15, 0.2) is 0 Å². The molecule has 137 valence electrons. The van der Waals surface area contributed by atoms with Crippen LogP contribution in [0.5, 0.6) is 0 Å². The molecule has 0 saturated heterocycles. The molecule has 0 aromatic rings. The van der Waals surface area contributed by atoms with Crippen molar-refractivity contribution in [1.29, 1.82) is 0 Å². The van der Waals surface area contributed by atoms with Crippen LogP contribution in [-0.4, -0.2) is 26.1 Å². The predicted molar refractivity (Wildman–Crippen MR) is 103 cm³/mol. The van der Waals surface area contributed by atoms with Gasteiger partial charge in [0.05, 0.1) is 0 Å². The Balaban J connectivity index is 3.86. The summed E-state index contributed by atoms with van der Waals surface area (Å²) in [5, 5.41) is 0. The molecule has 0 fully saturated rings. The van der Waals surface area contributed by atoms with E-state index in [9.17, 15) is 4.79 Å². The maximum atomic E-state index is 11.8. The number of carbonyl (C=O) groups excluding carboxylic acids is 1. The molecule has 0 heterocycles. The molecular weight excluding hydrogens is 391 g/mol. The molecule has 0 rings (SSSR count). The van der Waals surface area contributed by atoms with E-state index < -0.39 is 20.2 Å². The van der Waals surface area contributed by atoms with Gasteiger partial charge in [0, 0.05) is 0 Å². The summed E-state index contributed by atoms with van der Waals surface area (Å²) in [6, 6.07) is 0. The van der Waals surface area contributed by atoms with Crippen LogP contribution in [0.2, 0.25) is 8.87 Å². The summed E-state index contributed by atoms with van der Waals surface area (Å²) in [5.74, 6) is 0.0962. The van der Waals surface area contributed by atoms with Crippen molar-refractivity contribution in [2.45, 2.75) is 120 Å². The van der Waals surface area contributed by atoms with Crippen molar-refractivity contribution >= 4 is 26.1 Å². The summed E-state index contributed by atoms with van der Waals surface area (Å²) < 4.78 is 8.43. The minimum atomic E-state index is -1.90. The number of hydrogen-bond donors (Lipinski definition) is 0. The second-order valence-electron chi connectivity index (χ2n) is 6.80.